The first-order valence-corrected chi connectivity index (χ1v) is 6.34. The van der Waals surface area contributed by atoms with Crippen molar-refractivity contribution in [2.75, 3.05) is 11.9 Å². The Labute approximate surface area is 109 Å². The van der Waals surface area contributed by atoms with E-state index in [0.29, 0.717) is 0 Å². The van der Waals surface area contributed by atoms with Gasteiger partial charge in [-0.15, -0.1) is 11.3 Å². The van der Waals surface area contributed by atoms with Crippen LogP contribution in [0.3, 0.4) is 0 Å². The molecule has 2 aromatic rings. The largest absolute Gasteiger partial charge is 0.352 e. The zero-order valence-electron chi connectivity index (χ0n) is 10.1. The highest BCUT2D eigenvalue weighted by Gasteiger charge is 2.15. The van der Waals surface area contributed by atoms with Gasteiger partial charge in [-0.05, 0) is 24.4 Å². The number of hydrogen-bond acceptors (Lipinski definition) is 5. The molecule has 2 rings (SSSR count). The van der Waals surface area contributed by atoms with Gasteiger partial charge in [0.2, 0.25) is 0 Å². The van der Waals surface area contributed by atoms with E-state index < -0.39 is 4.92 Å². The average molecular weight is 263 g/mol. The van der Waals surface area contributed by atoms with E-state index in [1.807, 2.05) is 23.4 Å². The second-order valence-electron chi connectivity index (χ2n) is 3.93. The van der Waals surface area contributed by atoms with Gasteiger partial charge in [0, 0.05) is 18.0 Å². The van der Waals surface area contributed by atoms with E-state index in [0.717, 1.165) is 5.82 Å². The van der Waals surface area contributed by atoms with Crippen LogP contribution in [0.2, 0.25) is 0 Å². The summed E-state index contributed by atoms with van der Waals surface area (Å²) in [6.07, 6.45) is 1.28. The van der Waals surface area contributed by atoms with Crippen LogP contribution in [0, 0.1) is 10.1 Å². The molecule has 0 aliphatic rings. The van der Waals surface area contributed by atoms with Crippen LogP contribution < -0.4 is 4.90 Å². The Bertz CT molecular complexity index is 525. The second-order valence-corrected chi connectivity index (χ2v) is 4.91. The molecule has 0 aromatic carbocycles. The lowest BCUT2D eigenvalue weighted by atomic mass is 10.2. The summed E-state index contributed by atoms with van der Waals surface area (Å²) >= 11 is 1.68. The van der Waals surface area contributed by atoms with Gasteiger partial charge in [0.25, 0.3) is 5.69 Å². The van der Waals surface area contributed by atoms with Gasteiger partial charge in [-0.3, -0.25) is 10.1 Å². The monoisotopic (exact) mass is 263 g/mol. The summed E-state index contributed by atoms with van der Waals surface area (Å²) in [4.78, 5) is 17.5. The maximum atomic E-state index is 10.6. The first kappa shape index (κ1) is 12.5. The van der Waals surface area contributed by atoms with Crippen LogP contribution in [0.5, 0.6) is 0 Å². The van der Waals surface area contributed by atoms with Gasteiger partial charge in [0.15, 0.2) is 0 Å². The lowest BCUT2D eigenvalue weighted by molar-refractivity contribution is -0.385. The number of nitrogens with zero attached hydrogens (tertiary/aromatic N) is 3. The SMILES string of the molecule is C[C@@H](c1cccs1)N(C)c1ccc([N+](=O)[O-])cn1. The van der Waals surface area contributed by atoms with Gasteiger partial charge in [0.05, 0.1) is 11.0 Å². The lowest BCUT2D eigenvalue weighted by Crippen LogP contribution is -2.21. The summed E-state index contributed by atoms with van der Waals surface area (Å²) in [6, 6.07) is 7.41. The van der Waals surface area contributed by atoms with Crippen LogP contribution in [-0.2, 0) is 0 Å². The Morgan fingerprint density at radius 2 is 2.22 bits per heavy atom. The second kappa shape index (κ2) is 5.14. The number of aromatic nitrogens is 1. The molecule has 0 aliphatic heterocycles. The molecular weight excluding hydrogens is 250 g/mol. The van der Waals surface area contributed by atoms with E-state index in [9.17, 15) is 10.1 Å². The van der Waals surface area contributed by atoms with Crippen molar-refractivity contribution in [3.8, 4) is 0 Å². The van der Waals surface area contributed by atoms with Crippen molar-refractivity contribution in [2.45, 2.75) is 13.0 Å². The molecule has 1 atom stereocenters. The number of hydrogen-bond donors (Lipinski definition) is 0. The lowest BCUT2D eigenvalue weighted by Gasteiger charge is -2.24. The molecule has 0 saturated carbocycles. The first-order chi connectivity index (χ1) is 8.59. The molecule has 0 radical (unpaired) electrons. The summed E-state index contributed by atoms with van der Waals surface area (Å²) in [5, 5.41) is 12.6. The fraction of sp³-hybridized carbons (Fsp3) is 0.250. The third-order valence-corrected chi connectivity index (χ3v) is 3.88. The molecule has 0 spiro atoms. The topological polar surface area (TPSA) is 59.3 Å². The molecular formula is C12H13N3O2S. The van der Waals surface area contributed by atoms with Crippen LogP contribution in [0.15, 0.2) is 35.8 Å². The smallest absolute Gasteiger partial charge is 0.287 e. The van der Waals surface area contributed by atoms with E-state index in [1.54, 1.807) is 17.4 Å². The summed E-state index contributed by atoms with van der Waals surface area (Å²) in [6.45, 7) is 2.08. The Morgan fingerprint density at radius 3 is 2.72 bits per heavy atom. The molecule has 0 aliphatic carbocycles. The Hall–Kier alpha value is -1.95. The van der Waals surface area contributed by atoms with E-state index in [2.05, 4.69) is 18.0 Å². The van der Waals surface area contributed by atoms with Crippen molar-refractivity contribution < 1.29 is 4.92 Å². The third kappa shape index (κ3) is 2.48. The van der Waals surface area contributed by atoms with Crippen LogP contribution in [0.25, 0.3) is 0 Å². The molecule has 6 heteroatoms. The number of anilines is 1. The van der Waals surface area contributed by atoms with Gasteiger partial charge in [-0.25, -0.2) is 4.98 Å². The maximum Gasteiger partial charge on any atom is 0.287 e. The van der Waals surface area contributed by atoms with Crippen molar-refractivity contribution in [1.29, 1.82) is 0 Å². The van der Waals surface area contributed by atoms with Crippen molar-refractivity contribution >= 4 is 22.8 Å². The van der Waals surface area contributed by atoms with Crippen LogP contribution in [-0.4, -0.2) is 17.0 Å². The summed E-state index contributed by atoms with van der Waals surface area (Å²) in [5.41, 5.74) is 0.0101. The van der Waals surface area contributed by atoms with Crippen molar-refractivity contribution in [3.63, 3.8) is 0 Å². The van der Waals surface area contributed by atoms with Gasteiger partial charge in [-0.2, -0.15) is 0 Å². The normalized spacial score (nSPS) is 12.1. The van der Waals surface area contributed by atoms with Crippen LogP contribution >= 0.6 is 11.3 Å². The van der Waals surface area contributed by atoms with Gasteiger partial charge < -0.3 is 4.90 Å². The molecule has 94 valence electrons. The summed E-state index contributed by atoms with van der Waals surface area (Å²) in [7, 11) is 1.93. The average Bonchev–Trinajstić information content (AvgIpc) is 2.91. The van der Waals surface area contributed by atoms with Crippen LogP contribution in [0.4, 0.5) is 11.5 Å². The molecule has 0 amide bonds. The molecule has 18 heavy (non-hydrogen) atoms. The molecule has 0 saturated heterocycles. The number of rotatable bonds is 4. The molecule has 2 aromatic heterocycles. The van der Waals surface area contributed by atoms with Gasteiger partial charge >= 0.3 is 0 Å². The summed E-state index contributed by atoms with van der Waals surface area (Å²) in [5.74, 6) is 0.724. The predicted octanol–water partition coefficient (Wildman–Crippen LogP) is 3.25. The van der Waals surface area contributed by atoms with E-state index in [4.69, 9.17) is 0 Å². The highest BCUT2D eigenvalue weighted by atomic mass is 32.1. The van der Waals surface area contributed by atoms with E-state index in [1.165, 1.54) is 17.1 Å². The summed E-state index contributed by atoms with van der Waals surface area (Å²) < 4.78 is 0. The van der Waals surface area contributed by atoms with Crippen LogP contribution in [0.1, 0.15) is 17.8 Å². The number of pyridine rings is 1. The highest BCUT2D eigenvalue weighted by molar-refractivity contribution is 7.10. The van der Waals surface area contributed by atoms with Crippen molar-refractivity contribution in [1.82, 2.24) is 4.98 Å². The fourth-order valence-electron chi connectivity index (χ4n) is 1.61. The number of nitro groups is 1. The molecule has 0 fully saturated rings. The minimum atomic E-state index is -0.445. The standard InChI is InChI=1S/C12H13N3O2S/c1-9(11-4-3-7-18-11)14(2)12-6-5-10(8-13-12)15(16)17/h3-9H,1-2H3/t9-/m0/s1. The van der Waals surface area contributed by atoms with E-state index in [-0.39, 0.29) is 11.7 Å². The van der Waals surface area contributed by atoms with E-state index >= 15 is 0 Å². The first-order valence-electron chi connectivity index (χ1n) is 5.46. The zero-order chi connectivity index (χ0) is 13.1. The highest BCUT2D eigenvalue weighted by Crippen LogP contribution is 2.27. The van der Waals surface area contributed by atoms with Crippen molar-refractivity contribution in [3.05, 3.63) is 50.8 Å². The predicted molar refractivity (Wildman–Crippen MR) is 72.0 cm³/mol. The quantitative estimate of drug-likeness (QED) is 0.627. The molecule has 0 N–H and O–H groups in total. The maximum absolute atomic E-state index is 10.6. The zero-order valence-corrected chi connectivity index (χ0v) is 10.9. The molecule has 0 bridgehead atoms. The van der Waals surface area contributed by atoms with Crippen molar-refractivity contribution in [2.24, 2.45) is 0 Å². The molecule has 5 nitrogen and oxygen atoms in total. The molecule has 0 unspecified atom stereocenters. The minimum absolute atomic E-state index is 0.0101. The minimum Gasteiger partial charge on any atom is -0.352 e. The fourth-order valence-corrected chi connectivity index (χ4v) is 2.44. The van der Waals surface area contributed by atoms with Gasteiger partial charge in [-0.1, -0.05) is 6.07 Å². The number of thiophene rings is 1. The van der Waals surface area contributed by atoms with Gasteiger partial charge in [0.1, 0.15) is 12.0 Å². The Balaban J connectivity index is 2.18. The molecule has 2 heterocycles. The third-order valence-electron chi connectivity index (χ3n) is 2.84. The Morgan fingerprint density at radius 1 is 1.44 bits per heavy atom. The Kier molecular flexibility index (Phi) is 3.57.